The van der Waals surface area contributed by atoms with Crippen molar-refractivity contribution >= 4 is 11.3 Å². The fourth-order valence-corrected chi connectivity index (χ4v) is 3.06. The SMILES string of the molecule is CCOc1ccc(C(CN)c2cccs2)cc1OCC. The van der Waals surface area contributed by atoms with Gasteiger partial charge in [0.05, 0.1) is 13.2 Å². The summed E-state index contributed by atoms with van der Waals surface area (Å²) in [7, 11) is 0. The average Bonchev–Trinajstić information content (AvgIpc) is 2.97. The first-order chi connectivity index (χ1) is 9.80. The Kier molecular flexibility index (Phi) is 5.44. The second-order valence-corrected chi connectivity index (χ2v) is 5.36. The van der Waals surface area contributed by atoms with E-state index >= 15 is 0 Å². The van der Waals surface area contributed by atoms with Crippen molar-refractivity contribution in [3.63, 3.8) is 0 Å². The predicted octanol–water partition coefficient (Wildman–Crippen LogP) is 3.64. The lowest BCUT2D eigenvalue weighted by atomic mass is 9.97. The van der Waals surface area contributed by atoms with Gasteiger partial charge in [0.25, 0.3) is 0 Å². The van der Waals surface area contributed by atoms with Crippen molar-refractivity contribution < 1.29 is 9.47 Å². The van der Waals surface area contributed by atoms with Gasteiger partial charge in [0, 0.05) is 17.3 Å². The lowest BCUT2D eigenvalue weighted by Crippen LogP contribution is -2.13. The molecule has 2 rings (SSSR count). The van der Waals surface area contributed by atoms with Crippen molar-refractivity contribution in [2.75, 3.05) is 19.8 Å². The van der Waals surface area contributed by atoms with Crippen LogP contribution >= 0.6 is 11.3 Å². The smallest absolute Gasteiger partial charge is 0.161 e. The molecule has 1 aromatic carbocycles. The van der Waals surface area contributed by atoms with Crippen LogP contribution < -0.4 is 15.2 Å². The first-order valence-electron chi connectivity index (χ1n) is 6.93. The molecule has 108 valence electrons. The Morgan fingerprint density at radius 1 is 1.10 bits per heavy atom. The number of hydrogen-bond donors (Lipinski definition) is 1. The third-order valence-electron chi connectivity index (χ3n) is 3.09. The highest BCUT2D eigenvalue weighted by atomic mass is 32.1. The number of hydrogen-bond acceptors (Lipinski definition) is 4. The van der Waals surface area contributed by atoms with Crippen LogP contribution in [-0.2, 0) is 0 Å². The lowest BCUT2D eigenvalue weighted by Gasteiger charge is -2.17. The fourth-order valence-electron chi connectivity index (χ4n) is 2.19. The van der Waals surface area contributed by atoms with Gasteiger partial charge in [-0.05, 0) is 43.0 Å². The van der Waals surface area contributed by atoms with Gasteiger partial charge in [-0.15, -0.1) is 11.3 Å². The Balaban J connectivity index is 2.33. The van der Waals surface area contributed by atoms with Crippen molar-refractivity contribution in [3.8, 4) is 11.5 Å². The number of ether oxygens (including phenoxy) is 2. The molecule has 0 amide bonds. The van der Waals surface area contributed by atoms with E-state index in [1.807, 2.05) is 26.0 Å². The first-order valence-corrected chi connectivity index (χ1v) is 7.81. The highest BCUT2D eigenvalue weighted by molar-refractivity contribution is 7.10. The molecule has 0 saturated heterocycles. The first kappa shape index (κ1) is 14.9. The monoisotopic (exact) mass is 291 g/mol. The Morgan fingerprint density at radius 3 is 2.45 bits per heavy atom. The molecule has 2 aromatic rings. The number of benzene rings is 1. The quantitative estimate of drug-likeness (QED) is 0.847. The van der Waals surface area contributed by atoms with E-state index in [1.165, 1.54) is 10.4 Å². The third-order valence-corrected chi connectivity index (χ3v) is 4.08. The summed E-state index contributed by atoms with van der Waals surface area (Å²) in [6, 6.07) is 10.3. The van der Waals surface area contributed by atoms with Crippen LogP contribution in [0, 0.1) is 0 Å². The molecule has 0 spiro atoms. The highest BCUT2D eigenvalue weighted by Gasteiger charge is 2.16. The Morgan fingerprint density at radius 2 is 1.85 bits per heavy atom. The molecular weight excluding hydrogens is 270 g/mol. The van der Waals surface area contributed by atoms with Gasteiger partial charge in [-0.2, -0.15) is 0 Å². The van der Waals surface area contributed by atoms with Crippen molar-refractivity contribution in [1.29, 1.82) is 0 Å². The largest absolute Gasteiger partial charge is 0.490 e. The zero-order chi connectivity index (χ0) is 14.4. The van der Waals surface area contributed by atoms with Crippen molar-refractivity contribution in [3.05, 3.63) is 46.2 Å². The minimum absolute atomic E-state index is 0.213. The lowest BCUT2D eigenvalue weighted by molar-refractivity contribution is 0.287. The molecule has 0 saturated carbocycles. The second kappa shape index (κ2) is 7.31. The number of thiophene rings is 1. The standard InChI is InChI=1S/C16H21NO2S/c1-3-18-14-8-7-12(10-15(14)19-4-2)13(11-17)16-6-5-9-20-16/h5-10,13H,3-4,11,17H2,1-2H3. The summed E-state index contributed by atoms with van der Waals surface area (Å²) in [6.45, 7) is 5.78. The molecule has 1 unspecified atom stereocenters. The predicted molar refractivity (Wildman–Crippen MR) is 84.0 cm³/mol. The topological polar surface area (TPSA) is 44.5 Å². The normalized spacial score (nSPS) is 12.2. The molecule has 0 bridgehead atoms. The number of rotatable bonds is 7. The van der Waals surface area contributed by atoms with Crippen molar-refractivity contribution in [2.24, 2.45) is 5.73 Å². The van der Waals surface area contributed by atoms with E-state index in [9.17, 15) is 0 Å². The van der Waals surface area contributed by atoms with Crippen LogP contribution in [0.2, 0.25) is 0 Å². The molecule has 0 fully saturated rings. The Hall–Kier alpha value is -1.52. The second-order valence-electron chi connectivity index (χ2n) is 4.38. The van der Waals surface area contributed by atoms with E-state index in [0.29, 0.717) is 19.8 Å². The highest BCUT2D eigenvalue weighted by Crippen LogP contribution is 2.34. The molecule has 4 heteroatoms. The van der Waals surface area contributed by atoms with E-state index in [-0.39, 0.29) is 5.92 Å². The molecule has 0 aliphatic carbocycles. The van der Waals surface area contributed by atoms with Crippen molar-refractivity contribution in [1.82, 2.24) is 0 Å². The van der Waals surface area contributed by atoms with Crippen LogP contribution in [0.1, 0.15) is 30.2 Å². The van der Waals surface area contributed by atoms with Crippen LogP contribution in [0.5, 0.6) is 11.5 Å². The average molecular weight is 291 g/mol. The molecule has 0 aliphatic heterocycles. The van der Waals surface area contributed by atoms with E-state index in [0.717, 1.165) is 11.5 Å². The van der Waals surface area contributed by atoms with E-state index < -0.39 is 0 Å². The van der Waals surface area contributed by atoms with Gasteiger partial charge in [0.1, 0.15) is 0 Å². The summed E-state index contributed by atoms with van der Waals surface area (Å²) in [4.78, 5) is 1.28. The van der Waals surface area contributed by atoms with Gasteiger partial charge in [0.15, 0.2) is 11.5 Å². The van der Waals surface area contributed by atoms with Gasteiger partial charge in [0.2, 0.25) is 0 Å². The molecule has 3 nitrogen and oxygen atoms in total. The van der Waals surface area contributed by atoms with Crippen LogP contribution in [0.4, 0.5) is 0 Å². The molecule has 1 heterocycles. The zero-order valence-corrected chi connectivity index (χ0v) is 12.8. The van der Waals surface area contributed by atoms with Gasteiger partial charge in [-0.25, -0.2) is 0 Å². The molecule has 0 aliphatic rings. The minimum atomic E-state index is 0.213. The van der Waals surface area contributed by atoms with Gasteiger partial charge >= 0.3 is 0 Å². The van der Waals surface area contributed by atoms with Crippen LogP contribution in [0.25, 0.3) is 0 Å². The molecule has 2 N–H and O–H groups in total. The summed E-state index contributed by atoms with van der Waals surface area (Å²) >= 11 is 1.73. The summed E-state index contributed by atoms with van der Waals surface area (Å²) in [5, 5.41) is 2.08. The maximum Gasteiger partial charge on any atom is 0.161 e. The molecule has 1 atom stereocenters. The van der Waals surface area contributed by atoms with Gasteiger partial charge < -0.3 is 15.2 Å². The number of nitrogens with two attached hydrogens (primary N) is 1. The third kappa shape index (κ3) is 3.32. The van der Waals surface area contributed by atoms with Gasteiger partial charge in [-0.3, -0.25) is 0 Å². The van der Waals surface area contributed by atoms with Gasteiger partial charge in [-0.1, -0.05) is 12.1 Å². The molecular formula is C16H21NO2S. The summed E-state index contributed by atoms with van der Waals surface area (Å²) in [5.41, 5.74) is 7.12. The summed E-state index contributed by atoms with van der Waals surface area (Å²) < 4.78 is 11.3. The minimum Gasteiger partial charge on any atom is -0.490 e. The van der Waals surface area contributed by atoms with Crippen LogP contribution in [0.3, 0.4) is 0 Å². The summed E-state index contributed by atoms with van der Waals surface area (Å²) in [6.07, 6.45) is 0. The van der Waals surface area contributed by atoms with E-state index in [2.05, 4.69) is 23.6 Å². The van der Waals surface area contributed by atoms with E-state index in [4.69, 9.17) is 15.2 Å². The zero-order valence-electron chi connectivity index (χ0n) is 12.0. The molecule has 1 aromatic heterocycles. The van der Waals surface area contributed by atoms with Crippen molar-refractivity contribution in [2.45, 2.75) is 19.8 Å². The maximum atomic E-state index is 5.95. The van der Waals surface area contributed by atoms with Crippen LogP contribution in [-0.4, -0.2) is 19.8 Å². The fraction of sp³-hybridized carbons (Fsp3) is 0.375. The summed E-state index contributed by atoms with van der Waals surface area (Å²) in [5.74, 6) is 1.80. The Labute approximate surface area is 124 Å². The molecule has 0 radical (unpaired) electrons. The van der Waals surface area contributed by atoms with Crippen LogP contribution in [0.15, 0.2) is 35.7 Å². The Bertz CT molecular complexity index is 525. The maximum absolute atomic E-state index is 5.95. The molecule has 20 heavy (non-hydrogen) atoms. The van der Waals surface area contributed by atoms with E-state index in [1.54, 1.807) is 11.3 Å².